The summed E-state index contributed by atoms with van der Waals surface area (Å²) in [5.41, 5.74) is -0.988. The zero-order valence-corrected chi connectivity index (χ0v) is 13.0. The van der Waals surface area contributed by atoms with Crippen molar-refractivity contribution in [2.45, 2.75) is 39.3 Å². The number of allylic oxidation sites excluding steroid dienone is 1. The number of nitrogens with zero attached hydrogens (tertiary/aromatic N) is 1. The van der Waals surface area contributed by atoms with Crippen molar-refractivity contribution in [1.82, 2.24) is 4.90 Å². The predicted molar refractivity (Wildman–Crippen MR) is 70.5 cm³/mol. The molecule has 0 bridgehead atoms. The summed E-state index contributed by atoms with van der Waals surface area (Å²) < 4.78 is 74.6. The molecule has 124 valence electrons. The van der Waals surface area contributed by atoms with Gasteiger partial charge in [-0.25, -0.2) is 0 Å². The van der Waals surface area contributed by atoms with Crippen LogP contribution in [0.2, 0.25) is 0 Å². The first-order chi connectivity index (χ1) is 9.76. The fourth-order valence-corrected chi connectivity index (χ4v) is 4.08. The van der Waals surface area contributed by atoms with E-state index in [0.717, 1.165) is 11.3 Å². The van der Waals surface area contributed by atoms with Crippen LogP contribution in [-0.4, -0.2) is 37.4 Å². The van der Waals surface area contributed by atoms with Crippen LogP contribution in [0.5, 0.6) is 0 Å². The van der Waals surface area contributed by atoms with E-state index in [2.05, 4.69) is 0 Å². The summed E-state index contributed by atoms with van der Waals surface area (Å²) in [5, 5.41) is 0. The fraction of sp³-hybridized carbons (Fsp3) is 0.833. The van der Waals surface area contributed by atoms with Gasteiger partial charge < -0.3 is 13.9 Å². The van der Waals surface area contributed by atoms with Crippen molar-refractivity contribution in [3.63, 3.8) is 0 Å². The third-order valence-corrected chi connectivity index (χ3v) is 5.15. The molecule has 0 spiro atoms. The van der Waals surface area contributed by atoms with Gasteiger partial charge in [0.1, 0.15) is 0 Å². The molecule has 0 aromatic carbocycles. The lowest BCUT2D eigenvalue weighted by atomic mass is 10.1. The standard InChI is InChI=1S/C12H20F4NO3P/c1-3-19-21(18,20-4-2)11(10(13)12(14,15)16)17-8-6-5-7-9-17/h3-9H2,1-2H3/b11-10-. The quantitative estimate of drug-likeness (QED) is 0.532. The monoisotopic (exact) mass is 333 g/mol. The Bertz CT molecular complexity index is 409. The zero-order chi connectivity index (χ0) is 16.1. The van der Waals surface area contributed by atoms with Gasteiger partial charge in [0.05, 0.1) is 13.2 Å². The van der Waals surface area contributed by atoms with E-state index >= 15 is 0 Å². The number of rotatable bonds is 6. The van der Waals surface area contributed by atoms with Gasteiger partial charge in [0, 0.05) is 13.1 Å². The summed E-state index contributed by atoms with van der Waals surface area (Å²) in [6, 6.07) is 0. The van der Waals surface area contributed by atoms with Gasteiger partial charge in [0.25, 0.3) is 0 Å². The van der Waals surface area contributed by atoms with E-state index < -0.39 is 25.0 Å². The molecule has 1 fully saturated rings. The van der Waals surface area contributed by atoms with Crippen LogP contribution < -0.4 is 0 Å². The van der Waals surface area contributed by atoms with Gasteiger partial charge in [0.2, 0.25) is 5.83 Å². The highest BCUT2D eigenvalue weighted by Crippen LogP contribution is 2.60. The number of alkyl halides is 3. The lowest BCUT2D eigenvalue weighted by Crippen LogP contribution is -2.32. The van der Waals surface area contributed by atoms with E-state index in [0.29, 0.717) is 12.8 Å². The third kappa shape index (κ3) is 4.69. The number of piperidine rings is 1. The molecule has 0 aliphatic carbocycles. The molecule has 9 heteroatoms. The average Bonchev–Trinajstić information content (AvgIpc) is 2.39. The summed E-state index contributed by atoms with van der Waals surface area (Å²) in [7, 11) is -4.34. The molecule has 0 radical (unpaired) electrons. The van der Waals surface area contributed by atoms with Gasteiger partial charge >= 0.3 is 13.8 Å². The van der Waals surface area contributed by atoms with Gasteiger partial charge in [-0.1, -0.05) is 0 Å². The first-order valence-electron chi connectivity index (χ1n) is 6.87. The number of likely N-dealkylation sites (tertiary alicyclic amines) is 1. The molecule has 21 heavy (non-hydrogen) atoms. The number of hydrogen-bond donors (Lipinski definition) is 0. The Labute approximate surface area is 121 Å². The molecule has 0 atom stereocenters. The van der Waals surface area contributed by atoms with Crippen molar-refractivity contribution in [2.75, 3.05) is 26.3 Å². The molecule has 1 rings (SSSR count). The molecular formula is C12H20F4NO3P. The van der Waals surface area contributed by atoms with E-state index in [4.69, 9.17) is 9.05 Å². The Morgan fingerprint density at radius 2 is 1.57 bits per heavy atom. The van der Waals surface area contributed by atoms with Gasteiger partial charge in [-0.05, 0) is 33.1 Å². The molecule has 0 aromatic heterocycles. The fourth-order valence-electron chi connectivity index (χ4n) is 2.16. The first-order valence-corrected chi connectivity index (χ1v) is 8.42. The molecule has 0 unspecified atom stereocenters. The van der Waals surface area contributed by atoms with Crippen LogP contribution in [-0.2, 0) is 13.6 Å². The third-order valence-electron chi connectivity index (χ3n) is 2.96. The molecule has 1 aliphatic heterocycles. The molecule has 4 nitrogen and oxygen atoms in total. The number of halogens is 4. The van der Waals surface area contributed by atoms with Crippen LogP contribution in [0.3, 0.4) is 0 Å². The van der Waals surface area contributed by atoms with Crippen molar-refractivity contribution in [1.29, 1.82) is 0 Å². The van der Waals surface area contributed by atoms with E-state index in [9.17, 15) is 22.1 Å². The van der Waals surface area contributed by atoms with E-state index in [1.165, 1.54) is 13.8 Å². The molecule has 0 amide bonds. The van der Waals surface area contributed by atoms with Gasteiger partial charge in [-0.2, -0.15) is 17.6 Å². The van der Waals surface area contributed by atoms with E-state index in [1.54, 1.807) is 0 Å². The SMILES string of the molecule is CCOP(=O)(OCC)/C(=C(\F)C(F)(F)F)N1CCCCC1. The molecule has 0 aromatic rings. The van der Waals surface area contributed by atoms with Crippen molar-refractivity contribution in [3.8, 4) is 0 Å². The Morgan fingerprint density at radius 3 is 1.95 bits per heavy atom. The van der Waals surface area contributed by atoms with Crippen molar-refractivity contribution in [3.05, 3.63) is 11.3 Å². The Kier molecular flexibility index (Phi) is 6.69. The maximum atomic E-state index is 13.9. The van der Waals surface area contributed by atoms with Crippen LogP contribution in [0, 0.1) is 0 Å². The highest BCUT2D eigenvalue weighted by molar-refractivity contribution is 7.58. The van der Waals surface area contributed by atoms with Crippen molar-refractivity contribution < 1.29 is 31.2 Å². The predicted octanol–water partition coefficient (Wildman–Crippen LogP) is 4.44. The minimum Gasteiger partial charge on any atom is -0.363 e. The van der Waals surface area contributed by atoms with Crippen LogP contribution in [0.15, 0.2) is 11.3 Å². The highest BCUT2D eigenvalue weighted by Gasteiger charge is 2.47. The normalized spacial score (nSPS) is 18.7. The van der Waals surface area contributed by atoms with Crippen LogP contribution in [0.4, 0.5) is 17.6 Å². The van der Waals surface area contributed by atoms with Gasteiger partial charge in [-0.3, -0.25) is 4.57 Å². The average molecular weight is 333 g/mol. The topological polar surface area (TPSA) is 38.8 Å². The summed E-state index contributed by atoms with van der Waals surface area (Å²) in [6.07, 6.45) is -3.18. The second-order valence-electron chi connectivity index (χ2n) is 4.52. The molecule has 0 saturated carbocycles. The second kappa shape index (κ2) is 7.61. The Morgan fingerprint density at radius 1 is 1.10 bits per heavy atom. The molecule has 1 saturated heterocycles. The van der Waals surface area contributed by atoms with Crippen LogP contribution in [0.1, 0.15) is 33.1 Å². The lowest BCUT2D eigenvalue weighted by Gasteiger charge is -2.34. The summed E-state index contributed by atoms with van der Waals surface area (Å²) in [4.78, 5) is 1.14. The Balaban J connectivity index is 3.32. The molecular weight excluding hydrogens is 313 g/mol. The lowest BCUT2D eigenvalue weighted by molar-refractivity contribution is -0.111. The summed E-state index contributed by atoms with van der Waals surface area (Å²) >= 11 is 0. The first kappa shape index (κ1) is 18.5. The van der Waals surface area contributed by atoms with Crippen LogP contribution in [0.25, 0.3) is 0 Å². The molecule has 1 heterocycles. The maximum Gasteiger partial charge on any atom is 0.445 e. The summed E-state index contributed by atoms with van der Waals surface area (Å²) in [6.45, 7) is 3.04. The second-order valence-corrected chi connectivity index (χ2v) is 6.45. The van der Waals surface area contributed by atoms with Gasteiger partial charge in [-0.15, -0.1) is 0 Å². The molecule has 1 aliphatic rings. The molecule has 0 N–H and O–H groups in total. The van der Waals surface area contributed by atoms with E-state index in [-0.39, 0.29) is 26.3 Å². The largest absolute Gasteiger partial charge is 0.445 e. The van der Waals surface area contributed by atoms with Gasteiger partial charge in [0.15, 0.2) is 5.44 Å². The van der Waals surface area contributed by atoms with Crippen molar-refractivity contribution in [2.24, 2.45) is 0 Å². The van der Waals surface area contributed by atoms with Crippen molar-refractivity contribution >= 4 is 7.60 Å². The summed E-state index contributed by atoms with van der Waals surface area (Å²) in [5.74, 6) is -2.39. The van der Waals surface area contributed by atoms with E-state index in [1.807, 2.05) is 0 Å². The zero-order valence-electron chi connectivity index (χ0n) is 12.1. The minimum atomic E-state index is -5.23. The minimum absolute atomic E-state index is 0.139. The highest BCUT2D eigenvalue weighted by atomic mass is 31.2. The Hall–Kier alpha value is -0.590. The maximum absolute atomic E-state index is 13.9. The smallest absolute Gasteiger partial charge is 0.363 e. The van der Waals surface area contributed by atoms with Crippen LogP contribution >= 0.6 is 7.60 Å². The number of hydrogen-bond acceptors (Lipinski definition) is 4.